The zero-order chi connectivity index (χ0) is 18.7. The van der Waals surface area contributed by atoms with E-state index in [-0.39, 0.29) is 17.0 Å². The maximum Gasteiger partial charge on any atom is 0.417 e. The quantitative estimate of drug-likeness (QED) is 0.677. The summed E-state index contributed by atoms with van der Waals surface area (Å²) in [5.41, 5.74) is 0.0534. The van der Waals surface area contributed by atoms with Crippen molar-refractivity contribution in [1.29, 1.82) is 0 Å². The Bertz CT molecular complexity index is 1030. The first-order valence-corrected chi connectivity index (χ1v) is 7.42. The first kappa shape index (κ1) is 17.3. The number of aromatic amines is 1. The molecule has 1 aromatic heterocycles. The van der Waals surface area contributed by atoms with Crippen molar-refractivity contribution in [3.63, 3.8) is 0 Å². The molecule has 0 saturated carbocycles. The van der Waals surface area contributed by atoms with Crippen LogP contribution in [0.4, 0.5) is 13.2 Å². The molecule has 0 atom stereocenters. The molecule has 2 N–H and O–H groups in total. The van der Waals surface area contributed by atoms with Gasteiger partial charge in [-0.3, -0.25) is 5.10 Å². The van der Waals surface area contributed by atoms with Crippen LogP contribution in [0.5, 0.6) is 0 Å². The molecule has 0 amide bonds. The third kappa shape index (κ3) is 3.59. The Kier molecular flexibility index (Phi) is 4.50. The molecule has 0 fully saturated rings. The maximum absolute atomic E-state index is 13.3. The van der Waals surface area contributed by atoms with Gasteiger partial charge in [-0.15, -0.1) is 0 Å². The fraction of sp³-hybridized carbons (Fsp3) is 0.0526. The van der Waals surface area contributed by atoms with Gasteiger partial charge in [0.1, 0.15) is 11.4 Å². The van der Waals surface area contributed by atoms with Crippen LogP contribution in [0.15, 0.2) is 54.6 Å². The van der Waals surface area contributed by atoms with E-state index in [0.717, 1.165) is 6.07 Å². The predicted octanol–water partition coefficient (Wildman–Crippen LogP) is 4.19. The molecule has 26 heavy (non-hydrogen) atoms. The van der Waals surface area contributed by atoms with Crippen molar-refractivity contribution in [2.75, 3.05) is 0 Å². The Morgan fingerprint density at radius 2 is 1.65 bits per heavy atom. The van der Waals surface area contributed by atoms with E-state index in [0.29, 0.717) is 11.1 Å². The number of carboxylic acid groups (broad SMARTS) is 1. The fourth-order valence-electron chi connectivity index (χ4n) is 2.42. The van der Waals surface area contributed by atoms with Crippen molar-refractivity contribution in [2.24, 2.45) is 0 Å². The lowest BCUT2D eigenvalue weighted by molar-refractivity contribution is -0.137. The van der Waals surface area contributed by atoms with Crippen LogP contribution in [0.3, 0.4) is 0 Å². The van der Waals surface area contributed by atoms with E-state index in [4.69, 9.17) is 5.11 Å². The lowest BCUT2D eigenvalue weighted by atomic mass is 9.95. The van der Waals surface area contributed by atoms with Crippen molar-refractivity contribution < 1.29 is 23.1 Å². The van der Waals surface area contributed by atoms with Crippen molar-refractivity contribution >= 4 is 5.97 Å². The number of alkyl halides is 3. The number of halogens is 3. The Morgan fingerprint density at radius 1 is 1.00 bits per heavy atom. The van der Waals surface area contributed by atoms with Gasteiger partial charge in [-0.2, -0.15) is 18.3 Å². The summed E-state index contributed by atoms with van der Waals surface area (Å²) in [7, 11) is 0. The Morgan fingerprint density at radius 3 is 2.31 bits per heavy atom. The minimum absolute atomic E-state index is 0.0261. The highest BCUT2D eigenvalue weighted by Crippen LogP contribution is 2.37. The molecule has 0 radical (unpaired) electrons. The summed E-state index contributed by atoms with van der Waals surface area (Å²) in [4.78, 5) is 10.8. The molecule has 0 saturated heterocycles. The number of H-pyrrole nitrogens is 1. The number of aromatic nitrogens is 2. The standard InChI is InChI=1S/C19H11F3N2O2/c20-19(21,22)16-8-4-3-7-15(16)14-6-2-1-5-12(14)9-10-13-11-17(18(25)26)24-23-13/h1-8,11H,(H,23,24)(H,25,26). The number of carboxylic acids is 1. The lowest BCUT2D eigenvalue weighted by Crippen LogP contribution is -2.07. The summed E-state index contributed by atoms with van der Waals surface area (Å²) in [5.74, 6) is 4.26. The van der Waals surface area contributed by atoms with Gasteiger partial charge >= 0.3 is 12.1 Å². The van der Waals surface area contributed by atoms with Crippen LogP contribution >= 0.6 is 0 Å². The Balaban J connectivity index is 2.06. The van der Waals surface area contributed by atoms with Crippen LogP contribution in [0, 0.1) is 11.8 Å². The third-order valence-electron chi connectivity index (χ3n) is 3.58. The van der Waals surface area contributed by atoms with Gasteiger partial charge < -0.3 is 5.11 Å². The van der Waals surface area contributed by atoms with Gasteiger partial charge in [0, 0.05) is 11.6 Å². The highest BCUT2D eigenvalue weighted by Gasteiger charge is 2.33. The summed E-state index contributed by atoms with van der Waals surface area (Å²) < 4.78 is 39.9. The molecule has 1 heterocycles. The van der Waals surface area contributed by atoms with Gasteiger partial charge in [0.2, 0.25) is 0 Å². The van der Waals surface area contributed by atoms with E-state index in [9.17, 15) is 18.0 Å². The van der Waals surface area contributed by atoms with Crippen LogP contribution in [0.2, 0.25) is 0 Å². The van der Waals surface area contributed by atoms with Gasteiger partial charge in [-0.1, -0.05) is 42.3 Å². The van der Waals surface area contributed by atoms with E-state index in [2.05, 4.69) is 22.0 Å². The summed E-state index contributed by atoms with van der Waals surface area (Å²) in [5, 5.41) is 14.9. The van der Waals surface area contributed by atoms with Crippen LogP contribution in [-0.2, 0) is 6.18 Å². The van der Waals surface area contributed by atoms with Gasteiger partial charge in [-0.25, -0.2) is 4.79 Å². The van der Waals surface area contributed by atoms with Gasteiger partial charge in [0.05, 0.1) is 5.56 Å². The van der Waals surface area contributed by atoms with E-state index in [1.54, 1.807) is 24.3 Å². The molecule has 7 heteroatoms. The molecule has 2 aromatic carbocycles. The summed E-state index contributed by atoms with van der Waals surface area (Å²) in [6.45, 7) is 0. The summed E-state index contributed by atoms with van der Waals surface area (Å²) >= 11 is 0. The highest BCUT2D eigenvalue weighted by atomic mass is 19.4. The van der Waals surface area contributed by atoms with E-state index < -0.39 is 17.7 Å². The number of benzene rings is 2. The molecule has 4 nitrogen and oxygen atoms in total. The minimum atomic E-state index is -4.49. The monoisotopic (exact) mass is 356 g/mol. The molecule has 0 aliphatic rings. The normalized spacial score (nSPS) is 10.9. The average Bonchev–Trinajstić information content (AvgIpc) is 3.09. The smallest absolute Gasteiger partial charge is 0.417 e. The number of nitrogens with zero attached hydrogens (tertiary/aromatic N) is 1. The largest absolute Gasteiger partial charge is 0.477 e. The van der Waals surface area contributed by atoms with Crippen molar-refractivity contribution in [1.82, 2.24) is 10.2 Å². The number of aromatic carboxylic acids is 1. The second kappa shape index (κ2) is 6.76. The molecule has 0 aliphatic carbocycles. The predicted molar refractivity (Wildman–Crippen MR) is 88.4 cm³/mol. The SMILES string of the molecule is O=C(O)c1cc(C#Cc2ccccc2-c2ccccc2C(F)(F)F)n[nH]1. The molecule has 0 aliphatic heterocycles. The van der Waals surface area contributed by atoms with Crippen LogP contribution < -0.4 is 0 Å². The number of rotatable bonds is 2. The fourth-order valence-corrected chi connectivity index (χ4v) is 2.42. The summed E-state index contributed by atoms with van der Waals surface area (Å²) in [6.07, 6.45) is -4.49. The van der Waals surface area contributed by atoms with E-state index in [1.165, 1.54) is 24.3 Å². The number of carbonyl (C=O) groups is 1. The van der Waals surface area contributed by atoms with Crippen LogP contribution in [0.1, 0.15) is 27.3 Å². The molecule has 3 aromatic rings. The molecule has 0 bridgehead atoms. The zero-order valence-electron chi connectivity index (χ0n) is 13.1. The molecular formula is C19H11F3N2O2. The molecular weight excluding hydrogens is 345 g/mol. The van der Waals surface area contributed by atoms with Gasteiger partial charge in [-0.05, 0) is 29.2 Å². The van der Waals surface area contributed by atoms with Crippen molar-refractivity contribution in [2.45, 2.75) is 6.18 Å². The molecule has 0 unspecified atom stereocenters. The van der Waals surface area contributed by atoms with E-state index >= 15 is 0 Å². The van der Waals surface area contributed by atoms with Gasteiger partial charge in [0.15, 0.2) is 0 Å². The topological polar surface area (TPSA) is 66.0 Å². The zero-order valence-corrected chi connectivity index (χ0v) is 13.1. The molecule has 3 rings (SSSR count). The third-order valence-corrected chi connectivity index (χ3v) is 3.58. The average molecular weight is 356 g/mol. The van der Waals surface area contributed by atoms with Crippen molar-refractivity contribution in [3.8, 4) is 23.0 Å². The Labute approximate surface area is 146 Å². The second-order valence-electron chi connectivity index (χ2n) is 5.31. The summed E-state index contributed by atoms with van der Waals surface area (Å²) in [6, 6.07) is 13.0. The Hall–Kier alpha value is -3.53. The van der Waals surface area contributed by atoms with Crippen LogP contribution in [-0.4, -0.2) is 21.3 Å². The minimum Gasteiger partial charge on any atom is -0.477 e. The number of hydrogen-bond donors (Lipinski definition) is 2. The second-order valence-corrected chi connectivity index (χ2v) is 5.31. The van der Waals surface area contributed by atoms with Crippen LogP contribution in [0.25, 0.3) is 11.1 Å². The van der Waals surface area contributed by atoms with Crippen molar-refractivity contribution in [3.05, 3.63) is 77.1 Å². The first-order valence-electron chi connectivity index (χ1n) is 7.42. The highest BCUT2D eigenvalue weighted by molar-refractivity contribution is 5.85. The molecule has 0 spiro atoms. The lowest BCUT2D eigenvalue weighted by Gasteiger charge is -2.13. The number of hydrogen-bond acceptors (Lipinski definition) is 2. The van der Waals surface area contributed by atoms with E-state index in [1.807, 2.05) is 0 Å². The van der Waals surface area contributed by atoms with Gasteiger partial charge in [0.25, 0.3) is 0 Å². The maximum atomic E-state index is 13.3. The molecule has 130 valence electrons. The first-order chi connectivity index (χ1) is 12.4. The number of nitrogens with one attached hydrogen (secondary N) is 1.